The summed E-state index contributed by atoms with van der Waals surface area (Å²) in [7, 11) is 0. The van der Waals surface area contributed by atoms with Crippen molar-refractivity contribution in [2.45, 2.75) is 38.5 Å². The van der Waals surface area contributed by atoms with Crippen molar-refractivity contribution in [2.24, 2.45) is 0 Å². The van der Waals surface area contributed by atoms with Gasteiger partial charge in [0.05, 0.1) is 11.6 Å². The summed E-state index contributed by atoms with van der Waals surface area (Å²) in [4.78, 5) is 2.39. The summed E-state index contributed by atoms with van der Waals surface area (Å²) in [6.07, 6.45) is 0. The van der Waals surface area contributed by atoms with Gasteiger partial charge in [0, 0.05) is 25.7 Å². The molecule has 2 N–H and O–H groups in total. The fourth-order valence-corrected chi connectivity index (χ4v) is 2.90. The first kappa shape index (κ1) is 13.5. The van der Waals surface area contributed by atoms with Gasteiger partial charge in [-0.05, 0) is 26.3 Å². The van der Waals surface area contributed by atoms with Crippen LogP contribution in [0, 0.1) is 0 Å². The molecule has 18 heavy (non-hydrogen) atoms. The van der Waals surface area contributed by atoms with Crippen molar-refractivity contribution in [3.8, 4) is 0 Å². The summed E-state index contributed by atoms with van der Waals surface area (Å²) in [5.41, 5.74) is 0.456. The van der Waals surface area contributed by atoms with Crippen LogP contribution in [0.3, 0.4) is 0 Å². The normalized spacial score (nSPS) is 23.9. The lowest BCUT2D eigenvalue weighted by Crippen LogP contribution is -2.54. The quantitative estimate of drug-likeness (QED) is 0.856. The predicted octanol–water partition coefficient (Wildman–Crippen LogP) is 1.79. The maximum absolute atomic E-state index is 10.5. The van der Waals surface area contributed by atoms with Gasteiger partial charge in [0.2, 0.25) is 0 Å². The number of hydrogen-bond acceptors (Lipinski definition) is 3. The Kier molecular flexibility index (Phi) is 4.05. The zero-order valence-electron chi connectivity index (χ0n) is 11.6. The van der Waals surface area contributed by atoms with Crippen LogP contribution in [0.4, 0.5) is 0 Å². The Morgan fingerprint density at radius 3 is 2.56 bits per heavy atom. The van der Waals surface area contributed by atoms with Gasteiger partial charge in [-0.2, -0.15) is 0 Å². The van der Waals surface area contributed by atoms with Gasteiger partial charge in [0.1, 0.15) is 0 Å². The van der Waals surface area contributed by atoms with Gasteiger partial charge in [0.25, 0.3) is 0 Å². The second-order valence-electron chi connectivity index (χ2n) is 5.82. The van der Waals surface area contributed by atoms with E-state index in [1.807, 2.05) is 32.0 Å². The fourth-order valence-electron chi connectivity index (χ4n) is 2.90. The summed E-state index contributed by atoms with van der Waals surface area (Å²) in [5.74, 6) is 0. The van der Waals surface area contributed by atoms with E-state index in [-0.39, 0.29) is 6.04 Å². The molecule has 1 saturated heterocycles. The van der Waals surface area contributed by atoms with Gasteiger partial charge in [-0.3, -0.25) is 4.90 Å². The Hall–Kier alpha value is -0.900. The van der Waals surface area contributed by atoms with E-state index in [1.54, 1.807) is 0 Å². The maximum atomic E-state index is 10.5. The van der Waals surface area contributed by atoms with Crippen molar-refractivity contribution in [2.75, 3.05) is 19.6 Å². The topological polar surface area (TPSA) is 35.5 Å². The third-order valence-corrected chi connectivity index (χ3v) is 3.55. The van der Waals surface area contributed by atoms with Crippen molar-refractivity contribution >= 4 is 0 Å². The molecule has 0 saturated carbocycles. The van der Waals surface area contributed by atoms with Crippen LogP contribution in [-0.2, 0) is 0 Å². The Morgan fingerprint density at radius 2 is 2.00 bits per heavy atom. The monoisotopic (exact) mass is 248 g/mol. The fraction of sp³-hybridized carbons (Fsp3) is 0.600. The molecular formula is C15H24N2O. The molecule has 3 nitrogen and oxygen atoms in total. The summed E-state index contributed by atoms with van der Waals surface area (Å²) < 4.78 is 0. The van der Waals surface area contributed by atoms with E-state index in [0.717, 1.165) is 19.6 Å². The van der Waals surface area contributed by atoms with Crippen LogP contribution < -0.4 is 5.32 Å². The number of benzene rings is 1. The second kappa shape index (κ2) is 5.39. The SMILES string of the molecule is CC1CN(C(c2ccccc2)C(C)(C)O)CCN1. The van der Waals surface area contributed by atoms with Gasteiger partial charge in [-0.1, -0.05) is 30.3 Å². The highest BCUT2D eigenvalue weighted by Gasteiger charge is 2.35. The molecule has 0 bridgehead atoms. The molecule has 1 heterocycles. The lowest BCUT2D eigenvalue weighted by atomic mass is 9.89. The van der Waals surface area contributed by atoms with E-state index in [0.29, 0.717) is 6.04 Å². The summed E-state index contributed by atoms with van der Waals surface area (Å²) in [5, 5.41) is 14.0. The molecule has 0 radical (unpaired) electrons. The Balaban J connectivity index is 2.26. The summed E-state index contributed by atoms with van der Waals surface area (Å²) in [6.45, 7) is 8.94. The molecule has 1 aliphatic heterocycles. The molecule has 1 aromatic rings. The molecule has 0 spiro atoms. The number of piperazine rings is 1. The highest BCUT2D eigenvalue weighted by atomic mass is 16.3. The van der Waals surface area contributed by atoms with Crippen LogP contribution in [0.25, 0.3) is 0 Å². The van der Waals surface area contributed by atoms with Crippen molar-refractivity contribution in [1.29, 1.82) is 0 Å². The number of aliphatic hydroxyl groups is 1. The molecule has 3 heteroatoms. The van der Waals surface area contributed by atoms with E-state index in [2.05, 4.69) is 29.3 Å². The molecule has 2 atom stereocenters. The van der Waals surface area contributed by atoms with Crippen molar-refractivity contribution < 1.29 is 5.11 Å². The van der Waals surface area contributed by atoms with Gasteiger partial charge in [-0.25, -0.2) is 0 Å². The molecular weight excluding hydrogens is 224 g/mol. The van der Waals surface area contributed by atoms with Crippen molar-refractivity contribution in [1.82, 2.24) is 10.2 Å². The zero-order chi connectivity index (χ0) is 13.2. The third-order valence-electron chi connectivity index (χ3n) is 3.55. The Morgan fingerprint density at radius 1 is 1.33 bits per heavy atom. The standard InChI is InChI=1S/C15H24N2O/c1-12-11-17(10-9-16-12)14(15(2,3)18)13-7-5-4-6-8-13/h4-8,12,14,16,18H,9-11H2,1-3H3. The molecule has 0 aliphatic carbocycles. The Labute approximate surface area is 110 Å². The maximum Gasteiger partial charge on any atom is 0.0787 e. The number of nitrogens with zero attached hydrogens (tertiary/aromatic N) is 1. The van der Waals surface area contributed by atoms with Crippen LogP contribution in [0.2, 0.25) is 0 Å². The second-order valence-corrected chi connectivity index (χ2v) is 5.82. The molecule has 0 aromatic heterocycles. The largest absolute Gasteiger partial charge is 0.388 e. The van der Waals surface area contributed by atoms with Crippen molar-refractivity contribution in [3.05, 3.63) is 35.9 Å². The zero-order valence-corrected chi connectivity index (χ0v) is 11.6. The first-order valence-electron chi connectivity index (χ1n) is 6.73. The van der Waals surface area contributed by atoms with Crippen LogP contribution in [0.5, 0.6) is 0 Å². The van der Waals surface area contributed by atoms with Gasteiger partial charge < -0.3 is 10.4 Å². The van der Waals surface area contributed by atoms with Crippen LogP contribution >= 0.6 is 0 Å². The molecule has 1 fully saturated rings. The lowest BCUT2D eigenvalue weighted by Gasteiger charge is -2.43. The highest BCUT2D eigenvalue weighted by molar-refractivity contribution is 5.22. The molecule has 2 unspecified atom stereocenters. The summed E-state index contributed by atoms with van der Waals surface area (Å²) in [6, 6.07) is 10.9. The average molecular weight is 248 g/mol. The van der Waals surface area contributed by atoms with E-state index in [4.69, 9.17) is 0 Å². The molecule has 100 valence electrons. The van der Waals surface area contributed by atoms with Crippen LogP contribution in [-0.4, -0.2) is 41.3 Å². The molecule has 0 amide bonds. The average Bonchev–Trinajstić information content (AvgIpc) is 2.28. The van der Waals surface area contributed by atoms with Crippen molar-refractivity contribution in [3.63, 3.8) is 0 Å². The number of nitrogens with one attached hydrogen (secondary N) is 1. The van der Waals surface area contributed by atoms with E-state index in [1.165, 1.54) is 5.56 Å². The van der Waals surface area contributed by atoms with E-state index >= 15 is 0 Å². The minimum Gasteiger partial charge on any atom is -0.388 e. The van der Waals surface area contributed by atoms with Gasteiger partial charge in [0.15, 0.2) is 0 Å². The predicted molar refractivity (Wildman–Crippen MR) is 74.5 cm³/mol. The lowest BCUT2D eigenvalue weighted by molar-refractivity contribution is -0.0302. The number of rotatable bonds is 3. The minimum atomic E-state index is -0.738. The van der Waals surface area contributed by atoms with Gasteiger partial charge >= 0.3 is 0 Å². The summed E-state index contributed by atoms with van der Waals surface area (Å²) >= 11 is 0. The highest BCUT2D eigenvalue weighted by Crippen LogP contribution is 2.32. The van der Waals surface area contributed by atoms with E-state index < -0.39 is 5.60 Å². The first-order chi connectivity index (χ1) is 8.48. The van der Waals surface area contributed by atoms with Crippen LogP contribution in [0.15, 0.2) is 30.3 Å². The smallest absolute Gasteiger partial charge is 0.0787 e. The third kappa shape index (κ3) is 3.10. The van der Waals surface area contributed by atoms with E-state index in [9.17, 15) is 5.11 Å². The first-order valence-corrected chi connectivity index (χ1v) is 6.73. The Bertz CT molecular complexity index is 372. The number of hydrogen-bond donors (Lipinski definition) is 2. The van der Waals surface area contributed by atoms with Crippen LogP contribution in [0.1, 0.15) is 32.4 Å². The minimum absolute atomic E-state index is 0.0586. The van der Waals surface area contributed by atoms with Gasteiger partial charge in [-0.15, -0.1) is 0 Å². The molecule has 1 aliphatic rings. The molecule has 1 aromatic carbocycles. The molecule has 2 rings (SSSR count).